The van der Waals surface area contributed by atoms with Crippen LogP contribution in [0.3, 0.4) is 0 Å². The normalized spacial score (nSPS) is 17.6. The summed E-state index contributed by atoms with van der Waals surface area (Å²) >= 11 is 1.71. The molecule has 0 fully saturated rings. The molecular weight excluding hydrogens is 292 g/mol. The second kappa shape index (κ2) is 5.28. The van der Waals surface area contributed by atoms with Gasteiger partial charge in [0.2, 0.25) is 0 Å². The van der Waals surface area contributed by atoms with Crippen molar-refractivity contribution in [2.45, 2.75) is 25.9 Å². The van der Waals surface area contributed by atoms with E-state index in [-0.39, 0.29) is 24.2 Å². The van der Waals surface area contributed by atoms with Crippen molar-refractivity contribution in [3.63, 3.8) is 0 Å². The second-order valence-corrected chi connectivity index (χ2v) is 5.92. The van der Waals surface area contributed by atoms with Crippen molar-refractivity contribution in [1.82, 2.24) is 19.9 Å². The average molecular weight is 306 g/mol. The first kappa shape index (κ1) is 13.7. The highest BCUT2D eigenvalue weighted by atomic mass is 32.1. The Kier molecular flexibility index (Phi) is 3.46. The summed E-state index contributed by atoms with van der Waals surface area (Å²) < 4.78 is 1.15. The Labute approximate surface area is 124 Å². The Morgan fingerprint density at radius 2 is 2.33 bits per heavy atom. The molecule has 110 valence electrons. The Morgan fingerprint density at radius 3 is 3.10 bits per heavy atom. The van der Waals surface area contributed by atoms with E-state index >= 15 is 0 Å². The predicted octanol–water partition coefficient (Wildman–Crippen LogP) is 1.18. The van der Waals surface area contributed by atoms with Gasteiger partial charge in [0.15, 0.2) is 5.69 Å². The van der Waals surface area contributed by atoms with Gasteiger partial charge in [-0.15, -0.1) is 16.4 Å². The molecular formula is C13H14N4O3S. The van der Waals surface area contributed by atoms with Crippen molar-refractivity contribution >= 4 is 23.2 Å². The summed E-state index contributed by atoms with van der Waals surface area (Å²) in [6.07, 6.45) is 2.22. The number of hydrogen-bond donors (Lipinski definition) is 1. The monoisotopic (exact) mass is 306 g/mol. The average Bonchev–Trinajstić information content (AvgIpc) is 3.06. The fraction of sp³-hybridized carbons (Fsp3) is 0.385. The highest BCUT2D eigenvalue weighted by Crippen LogP contribution is 2.33. The molecule has 1 atom stereocenters. The summed E-state index contributed by atoms with van der Waals surface area (Å²) in [5, 5.41) is 18.2. The SMILES string of the molecule is CC1c2ccsc2CCN1C(=O)c1cn(CC(=O)O)nn1. The van der Waals surface area contributed by atoms with E-state index in [0.717, 1.165) is 11.1 Å². The molecule has 3 rings (SSSR count). The Morgan fingerprint density at radius 1 is 1.52 bits per heavy atom. The highest BCUT2D eigenvalue weighted by Gasteiger charge is 2.30. The smallest absolute Gasteiger partial charge is 0.325 e. The van der Waals surface area contributed by atoms with Crippen LogP contribution in [0.4, 0.5) is 0 Å². The lowest BCUT2D eigenvalue weighted by atomic mass is 10.0. The fourth-order valence-corrected chi connectivity index (χ4v) is 3.51. The summed E-state index contributed by atoms with van der Waals surface area (Å²) in [6, 6.07) is 2.04. The lowest BCUT2D eigenvalue weighted by molar-refractivity contribution is -0.137. The molecule has 2 aromatic rings. The van der Waals surface area contributed by atoms with Crippen LogP contribution in [0, 0.1) is 0 Å². The molecule has 1 amide bonds. The van der Waals surface area contributed by atoms with Gasteiger partial charge in [-0.25, -0.2) is 4.68 Å². The van der Waals surface area contributed by atoms with E-state index in [0.29, 0.717) is 6.54 Å². The number of fused-ring (bicyclic) bond motifs is 1. The quantitative estimate of drug-likeness (QED) is 0.920. The van der Waals surface area contributed by atoms with Crippen molar-refractivity contribution in [3.05, 3.63) is 33.8 Å². The van der Waals surface area contributed by atoms with E-state index < -0.39 is 5.97 Å². The van der Waals surface area contributed by atoms with Crippen LogP contribution >= 0.6 is 11.3 Å². The first-order chi connectivity index (χ1) is 10.1. The van der Waals surface area contributed by atoms with Crippen LogP contribution in [0.1, 0.15) is 33.9 Å². The third-order valence-corrected chi connectivity index (χ3v) is 4.59. The minimum absolute atomic E-state index is 0.00266. The van der Waals surface area contributed by atoms with Crippen LogP contribution < -0.4 is 0 Å². The standard InChI is InChI=1S/C13H14N4O3S/c1-8-9-3-5-21-11(9)2-4-17(8)13(20)10-6-16(15-14-10)7-12(18)19/h3,5-6,8H,2,4,7H2,1H3,(H,18,19). The number of nitrogens with zero attached hydrogens (tertiary/aromatic N) is 4. The number of amides is 1. The molecule has 7 nitrogen and oxygen atoms in total. The van der Waals surface area contributed by atoms with Crippen LogP contribution in [0.5, 0.6) is 0 Å². The van der Waals surface area contributed by atoms with E-state index in [1.807, 2.05) is 18.4 Å². The molecule has 1 aliphatic rings. The minimum atomic E-state index is -1.02. The molecule has 21 heavy (non-hydrogen) atoms. The maximum atomic E-state index is 12.5. The van der Waals surface area contributed by atoms with Crippen LogP contribution in [-0.4, -0.2) is 43.4 Å². The topological polar surface area (TPSA) is 88.3 Å². The number of carboxylic acids is 1. The summed E-state index contributed by atoms with van der Waals surface area (Å²) in [7, 11) is 0. The number of carbonyl (C=O) groups is 2. The lowest BCUT2D eigenvalue weighted by Crippen LogP contribution is -2.38. The van der Waals surface area contributed by atoms with E-state index in [9.17, 15) is 9.59 Å². The molecule has 2 aromatic heterocycles. The van der Waals surface area contributed by atoms with Crippen molar-refractivity contribution in [2.24, 2.45) is 0 Å². The van der Waals surface area contributed by atoms with Gasteiger partial charge >= 0.3 is 5.97 Å². The Balaban J connectivity index is 1.79. The van der Waals surface area contributed by atoms with Crippen LogP contribution in [0.25, 0.3) is 0 Å². The maximum Gasteiger partial charge on any atom is 0.325 e. The number of carbonyl (C=O) groups excluding carboxylic acids is 1. The third kappa shape index (κ3) is 2.54. The molecule has 0 bridgehead atoms. The highest BCUT2D eigenvalue weighted by molar-refractivity contribution is 7.10. The number of aliphatic carboxylic acids is 1. The first-order valence-corrected chi connectivity index (χ1v) is 7.43. The number of rotatable bonds is 3. The molecule has 0 radical (unpaired) electrons. The van der Waals surface area contributed by atoms with Gasteiger partial charge in [-0.3, -0.25) is 9.59 Å². The van der Waals surface area contributed by atoms with E-state index in [4.69, 9.17) is 5.11 Å². The zero-order chi connectivity index (χ0) is 15.0. The molecule has 3 heterocycles. The van der Waals surface area contributed by atoms with Crippen molar-refractivity contribution in [3.8, 4) is 0 Å². The van der Waals surface area contributed by atoms with E-state index in [2.05, 4.69) is 10.3 Å². The maximum absolute atomic E-state index is 12.5. The fourth-order valence-electron chi connectivity index (χ4n) is 2.55. The number of aromatic nitrogens is 3. The molecule has 1 unspecified atom stereocenters. The Hall–Kier alpha value is -2.22. The zero-order valence-electron chi connectivity index (χ0n) is 11.4. The van der Waals surface area contributed by atoms with Crippen molar-refractivity contribution < 1.29 is 14.7 Å². The number of hydrogen-bond acceptors (Lipinski definition) is 5. The summed E-state index contributed by atoms with van der Waals surface area (Å²) in [5.41, 5.74) is 1.36. The van der Waals surface area contributed by atoms with Crippen molar-refractivity contribution in [1.29, 1.82) is 0 Å². The third-order valence-electron chi connectivity index (χ3n) is 3.59. The van der Waals surface area contributed by atoms with Gasteiger partial charge in [-0.05, 0) is 30.4 Å². The van der Waals surface area contributed by atoms with Gasteiger partial charge in [0.1, 0.15) is 6.54 Å². The van der Waals surface area contributed by atoms with Gasteiger partial charge in [0.25, 0.3) is 5.91 Å². The second-order valence-electron chi connectivity index (χ2n) is 4.92. The van der Waals surface area contributed by atoms with Gasteiger partial charge in [-0.1, -0.05) is 5.21 Å². The van der Waals surface area contributed by atoms with Gasteiger partial charge in [-0.2, -0.15) is 0 Å². The van der Waals surface area contributed by atoms with E-state index in [1.165, 1.54) is 16.6 Å². The molecule has 1 aliphatic heterocycles. The first-order valence-electron chi connectivity index (χ1n) is 6.55. The number of carboxylic acid groups (broad SMARTS) is 1. The number of thiophene rings is 1. The van der Waals surface area contributed by atoms with Crippen LogP contribution in [-0.2, 0) is 17.8 Å². The van der Waals surface area contributed by atoms with Gasteiger partial charge < -0.3 is 10.0 Å². The predicted molar refractivity (Wildman–Crippen MR) is 75.1 cm³/mol. The van der Waals surface area contributed by atoms with Crippen LogP contribution in [0.2, 0.25) is 0 Å². The Bertz CT molecular complexity index is 693. The molecule has 8 heteroatoms. The lowest BCUT2D eigenvalue weighted by Gasteiger charge is -2.33. The van der Waals surface area contributed by atoms with Crippen molar-refractivity contribution in [2.75, 3.05) is 6.54 Å². The molecule has 0 spiro atoms. The molecule has 0 saturated heterocycles. The minimum Gasteiger partial charge on any atom is -0.480 e. The molecule has 0 aliphatic carbocycles. The largest absolute Gasteiger partial charge is 0.480 e. The zero-order valence-corrected chi connectivity index (χ0v) is 12.2. The van der Waals surface area contributed by atoms with Gasteiger partial charge in [0.05, 0.1) is 12.2 Å². The van der Waals surface area contributed by atoms with Gasteiger partial charge in [0, 0.05) is 11.4 Å². The summed E-state index contributed by atoms with van der Waals surface area (Å²) in [6.45, 7) is 2.33. The summed E-state index contributed by atoms with van der Waals surface area (Å²) in [5.74, 6) is -1.23. The van der Waals surface area contributed by atoms with E-state index in [1.54, 1.807) is 16.2 Å². The molecule has 1 N–H and O–H groups in total. The van der Waals surface area contributed by atoms with Crippen LogP contribution in [0.15, 0.2) is 17.6 Å². The molecule has 0 aromatic carbocycles. The molecule has 0 saturated carbocycles. The summed E-state index contributed by atoms with van der Waals surface area (Å²) in [4.78, 5) is 26.2.